The number of rotatable bonds is 4. The van der Waals surface area contributed by atoms with Crippen LogP contribution < -0.4 is 59.1 Å². The predicted octanol–water partition coefficient (Wildman–Crippen LogP) is -2.54. The van der Waals surface area contributed by atoms with Crippen LogP contribution >= 0.6 is 0 Å². The van der Waals surface area contributed by atoms with E-state index >= 15 is 0 Å². The van der Waals surface area contributed by atoms with Crippen molar-refractivity contribution >= 4 is 0 Å². The van der Waals surface area contributed by atoms with Crippen molar-refractivity contribution in [3.63, 3.8) is 0 Å². The maximum atomic E-state index is 2.33. The zero-order valence-electron chi connectivity index (χ0n) is 10.4. The molecule has 0 N–H and O–H groups in total. The summed E-state index contributed by atoms with van der Waals surface area (Å²) in [6.07, 6.45) is 5.53. The Morgan fingerprint density at radius 1 is 1.20 bits per heavy atom. The molecule has 0 aliphatic rings. The van der Waals surface area contributed by atoms with Gasteiger partial charge in [-0.25, -0.2) is 0 Å². The summed E-state index contributed by atoms with van der Waals surface area (Å²) >= 11 is 0. The van der Waals surface area contributed by atoms with Crippen LogP contribution in [-0.2, 0) is 0 Å². The summed E-state index contributed by atoms with van der Waals surface area (Å²) in [4.78, 5) is 0. The summed E-state index contributed by atoms with van der Waals surface area (Å²) in [6.45, 7) is 6.85. The summed E-state index contributed by atoms with van der Waals surface area (Å²) in [7, 11) is 0. The van der Waals surface area contributed by atoms with Crippen LogP contribution in [0.15, 0.2) is 0 Å². The molecule has 54 valence electrons. The van der Waals surface area contributed by atoms with Gasteiger partial charge in [0.05, 0.1) is 0 Å². The molecule has 1 atom stereocenters. The molecule has 2 heteroatoms. The molecule has 1 unspecified atom stereocenters. The summed E-state index contributed by atoms with van der Waals surface area (Å²) < 4.78 is 0. The van der Waals surface area contributed by atoms with Crippen LogP contribution in [0.3, 0.4) is 0 Å². The van der Waals surface area contributed by atoms with Crippen molar-refractivity contribution in [2.24, 2.45) is 5.92 Å². The zero-order chi connectivity index (χ0) is 6.41. The Hall–Kier alpha value is 2.00. The van der Waals surface area contributed by atoms with Crippen LogP contribution in [0.25, 0.3) is 0 Å². The van der Waals surface area contributed by atoms with E-state index < -0.39 is 0 Å². The van der Waals surface area contributed by atoms with Gasteiger partial charge in [0.1, 0.15) is 0 Å². The molecular weight excluding hydrogens is 142 g/mol. The first-order valence-electron chi connectivity index (χ1n) is 3.81. The molecule has 0 nitrogen and oxygen atoms in total. The molecule has 0 amide bonds. The van der Waals surface area contributed by atoms with Gasteiger partial charge >= 0.3 is 59.1 Å². The van der Waals surface area contributed by atoms with E-state index in [9.17, 15) is 0 Å². The molecule has 0 bridgehead atoms. The molecule has 0 aliphatic carbocycles. The molecule has 0 rings (SSSR count). The van der Waals surface area contributed by atoms with Crippen LogP contribution in [0.2, 0.25) is 0 Å². The summed E-state index contributed by atoms with van der Waals surface area (Å²) in [6, 6.07) is 0. The Balaban J connectivity index is -0.0000000408. The Bertz CT molecular complexity index is 54.3. The van der Waals surface area contributed by atoms with Crippen molar-refractivity contribution < 1.29 is 62.0 Å². The van der Waals surface area contributed by atoms with Crippen molar-refractivity contribution in [3.05, 3.63) is 0 Å². The maximum Gasteiger partial charge on any atom is 1.00 e. The minimum atomic E-state index is 0. The molecule has 0 aromatic heterocycles. The molecule has 0 saturated carbocycles. The van der Waals surface area contributed by atoms with Crippen LogP contribution in [-0.4, -0.2) is 0 Å². The fourth-order valence-corrected chi connectivity index (χ4v) is 0.757. The Kier molecular flexibility index (Phi) is 24.3. The second-order valence-corrected chi connectivity index (χ2v) is 2.66. The van der Waals surface area contributed by atoms with Crippen LogP contribution in [0.5, 0.6) is 0 Å². The average Bonchev–Trinajstić information content (AvgIpc) is 1.83. The summed E-state index contributed by atoms with van der Waals surface area (Å²) in [5.74, 6) is 0.954. The van der Waals surface area contributed by atoms with E-state index in [1.54, 1.807) is 0 Å². The standard InChI is InChI=1S/C8H18.2Na.2H/c1-4-6-7-8(3)5-2;;;;/h8H,4-7H2,1-3H3;;;;/q;2*+1;2*-1. The SMILES string of the molecule is CCCCC(C)CC.[H-].[H-].[Na+].[Na+]. The number of unbranched alkanes of at least 4 members (excludes halogenated alkanes) is 1. The van der Waals surface area contributed by atoms with E-state index in [0.29, 0.717) is 0 Å². The molecule has 0 aromatic carbocycles. The van der Waals surface area contributed by atoms with E-state index in [4.69, 9.17) is 0 Å². The number of hydrogen-bond acceptors (Lipinski definition) is 0. The van der Waals surface area contributed by atoms with E-state index in [2.05, 4.69) is 20.8 Å². The first-order chi connectivity index (χ1) is 3.81. The van der Waals surface area contributed by atoms with Crippen LogP contribution in [0.4, 0.5) is 0 Å². The minimum absolute atomic E-state index is 0. The molecule has 0 heterocycles. The van der Waals surface area contributed by atoms with E-state index in [-0.39, 0.29) is 62.0 Å². The van der Waals surface area contributed by atoms with Gasteiger partial charge in [0.2, 0.25) is 0 Å². The molecule has 0 aliphatic heterocycles. The first kappa shape index (κ1) is 17.9. The van der Waals surface area contributed by atoms with Gasteiger partial charge in [-0.05, 0) is 5.92 Å². The third-order valence-electron chi connectivity index (χ3n) is 1.75. The van der Waals surface area contributed by atoms with Crippen molar-refractivity contribution in [2.75, 3.05) is 0 Å². The van der Waals surface area contributed by atoms with Crippen LogP contribution in [0.1, 0.15) is 49.3 Å². The predicted molar refractivity (Wildman–Crippen MR) is 41.2 cm³/mol. The summed E-state index contributed by atoms with van der Waals surface area (Å²) in [5.41, 5.74) is 0. The quantitative estimate of drug-likeness (QED) is 0.399. The van der Waals surface area contributed by atoms with Gasteiger partial charge < -0.3 is 2.85 Å². The van der Waals surface area contributed by atoms with Crippen molar-refractivity contribution in [3.8, 4) is 0 Å². The molecule has 0 aromatic rings. The first-order valence-corrected chi connectivity index (χ1v) is 3.81. The molecule has 0 spiro atoms. The van der Waals surface area contributed by atoms with Crippen molar-refractivity contribution in [1.82, 2.24) is 0 Å². The fourth-order valence-electron chi connectivity index (χ4n) is 0.757. The average molecular weight is 162 g/mol. The monoisotopic (exact) mass is 162 g/mol. The van der Waals surface area contributed by atoms with Gasteiger partial charge in [-0.15, -0.1) is 0 Å². The van der Waals surface area contributed by atoms with Crippen molar-refractivity contribution in [2.45, 2.75) is 46.5 Å². The van der Waals surface area contributed by atoms with Gasteiger partial charge in [-0.3, -0.25) is 0 Å². The van der Waals surface area contributed by atoms with E-state index in [1.165, 1.54) is 25.7 Å². The topological polar surface area (TPSA) is 0 Å². The number of hydrogen-bond donors (Lipinski definition) is 0. The van der Waals surface area contributed by atoms with Gasteiger partial charge in [-0.2, -0.15) is 0 Å². The maximum absolute atomic E-state index is 2.33. The second kappa shape index (κ2) is 13.6. The Morgan fingerprint density at radius 3 is 2.00 bits per heavy atom. The summed E-state index contributed by atoms with van der Waals surface area (Å²) in [5, 5.41) is 0. The smallest absolute Gasteiger partial charge is 1.00 e. The zero-order valence-corrected chi connectivity index (χ0v) is 12.4. The molecule has 0 fully saturated rings. The Morgan fingerprint density at radius 2 is 1.70 bits per heavy atom. The van der Waals surface area contributed by atoms with E-state index in [1.807, 2.05) is 0 Å². The Labute approximate surface area is 113 Å². The fraction of sp³-hybridized carbons (Fsp3) is 1.00. The molecule has 0 saturated heterocycles. The van der Waals surface area contributed by atoms with Gasteiger partial charge in [0.25, 0.3) is 0 Å². The third-order valence-corrected chi connectivity index (χ3v) is 1.75. The second-order valence-electron chi connectivity index (χ2n) is 2.66. The molecule has 10 heavy (non-hydrogen) atoms. The third kappa shape index (κ3) is 12.7. The van der Waals surface area contributed by atoms with Crippen molar-refractivity contribution in [1.29, 1.82) is 0 Å². The molecule has 0 radical (unpaired) electrons. The van der Waals surface area contributed by atoms with Gasteiger partial charge in [0, 0.05) is 0 Å². The van der Waals surface area contributed by atoms with Gasteiger partial charge in [0.15, 0.2) is 0 Å². The minimum Gasteiger partial charge on any atom is -1.00 e. The largest absolute Gasteiger partial charge is 1.00 e. The molecular formula is C8H20Na2. The normalized spacial score (nSPS) is 11.1. The van der Waals surface area contributed by atoms with Crippen LogP contribution in [0, 0.1) is 5.92 Å². The van der Waals surface area contributed by atoms with Gasteiger partial charge in [-0.1, -0.05) is 46.5 Å². The van der Waals surface area contributed by atoms with E-state index in [0.717, 1.165) is 5.92 Å².